The van der Waals surface area contributed by atoms with Gasteiger partial charge in [0.1, 0.15) is 13.2 Å². The molecule has 0 saturated heterocycles. The lowest BCUT2D eigenvalue weighted by molar-refractivity contribution is -0.890. The monoisotopic (exact) mass is 244 g/mol. The number of ether oxygens (including phenoxy) is 1. The minimum atomic E-state index is -0.287. The Labute approximate surface area is 107 Å². The molecule has 0 heterocycles. The van der Waals surface area contributed by atoms with E-state index in [1.54, 1.807) is 6.92 Å². The maximum absolute atomic E-state index is 11.1. The van der Waals surface area contributed by atoms with E-state index in [0.29, 0.717) is 12.2 Å². The van der Waals surface area contributed by atoms with Crippen molar-refractivity contribution < 1.29 is 14.0 Å². The van der Waals surface area contributed by atoms with Crippen LogP contribution in [0.3, 0.4) is 0 Å². The first kappa shape index (κ1) is 18.5. The van der Waals surface area contributed by atoms with Crippen LogP contribution < -0.4 is 0 Å². The lowest BCUT2D eigenvalue weighted by atomic mass is 10.3. The van der Waals surface area contributed by atoms with Gasteiger partial charge in [-0.1, -0.05) is 33.8 Å². The molecule has 0 aliphatic rings. The van der Waals surface area contributed by atoms with Gasteiger partial charge in [0.25, 0.3) is 0 Å². The molecule has 0 aromatic heterocycles. The number of hydrogen-bond acceptors (Lipinski definition) is 2. The van der Waals surface area contributed by atoms with Gasteiger partial charge in [-0.3, -0.25) is 0 Å². The zero-order chi connectivity index (χ0) is 13.9. The topological polar surface area (TPSA) is 26.3 Å². The third kappa shape index (κ3) is 11.4. The molecule has 0 amide bonds. The van der Waals surface area contributed by atoms with Crippen molar-refractivity contribution in [1.82, 2.24) is 0 Å². The maximum atomic E-state index is 11.1. The quantitative estimate of drug-likeness (QED) is 0.391. The molecule has 0 bridgehead atoms. The molecule has 0 atom stereocenters. The van der Waals surface area contributed by atoms with E-state index in [0.717, 1.165) is 17.6 Å². The molecule has 0 N–H and O–H groups in total. The zero-order valence-corrected chi connectivity index (χ0v) is 12.5. The molecule has 0 saturated carbocycles. The molecule has 0 unspecified atom stereocenters. The SMILES string of the molecule is C=C(C)C(=O)OCC[N+](C)(C)CCCC.CC. The fourth-order valence-corrected chi connectivity index (χ4v) is 1.21. The lowest BCUT2D eigenvalue weighted by Gasteiger charge is -2.29. The number of rotatable bonds is 7. The number of nitrogens with zero attached hydrogens (tertiary/aromatic N) is 1. The number of likely N-dealkylation sites (N-methyl/N-ethyl adjacent to an activating group) is 1. The molecule has 17 heavy (non-hydrogen) atoms. The van der Waals surface area contributed by atoms with Crippen LogP contribution in [0.5, 0.6) is 0 Å². The molecule has 0 fully saturated rings. The Kier molecular flexibility index (Phi) is 11.3. The minimum absolute atomic E-state index is 0.287. The van der Waals surface area contributed by atoms with Gasteiger partial charge in [-0.25, -0.2) is 4.79 Å². The van der Waals surface area contributed by atoms with E-state index in [4.69, 9.17) is 4.74 Å². The van der Waals surface area contributed by atoms with Crippen LogP contribution in [0, 0.1) is 0 Å². The fourth-order valence-electron chi connectivity index (χ4n) is 1.21. The van der Waals surface area contributed by atoms with Crippen LogP contribution in [0.1, 0.15) is 40.5 Å². The fraction of sp³-hybridized carbons (Fsp3) is 0.786. The third-order valence-corrected chi connectivity index (χ3v) is 2.40. The molecule has 0 rings (SSSR count). The molecular weight excluding hydrogens is 214 g/mol. The van der Waals surface area contributed by atoms with E-state index in [2.05, 4.69) is 27.6 Å². The van der Waals surface area contributed by atoms with Gasteiger partial charge >= 0.3 is 5.97 Å². The Morgan fingerprint density at radius 3 is 2.18 bits per heavy atom. The van der Waals surface area contributed by atoms with Gasteiger partial charge in [0.15, 0.2) is 0 Å². The van der Waals surface area contributed by atoms with Crippen molar-refractivity contribution in [2.75, 3.05) is 33.8 Å². The van der Waals surface area contributed by atoms with Crippen molar-refractivity contribution in [3.63, 3.8) is 0 Å². The highest BCUT2D eigenvalue weighted by Gasteiger charge is 2.14. The van der Waals surface area contributed by atoms with Crippen molar-refractivity contribution in [3.05, 3.63) is 12.2 Å². The first-order valence-corrected chi connectivity index (χ1v) is 6.53. The summed E-state index contributed by atoms with van der Waals surface area (Å²) in [6, 6.07) is 0. The summed E-state index contributed by atoms with van der Waals surface area (Å²) in [5.74, 6) is -0.287. The Hall–Kier alpha value is -0.830. The standard InChI is InChI=1S/C12H24NO2.C2H6/c1-6-7-8-13(4,5)9-10-15-12(14)11(2)3;1-2/h2,6-10H2,1,3-5H3;1-2H3/q+1;. The van der Waals surface area contributed by atoms with Gasteiger partial charge in [0.2, 0.25) is 0 Å². The van der Waals surface area contributed by atoms with E-state index >= 15 is 0 Å². The second-order valence-electron chi connectivity index (χ2n) is 4.65. The second kappa shape index (κ2) is 10.3. The maximum Gasteiger partial charge on any atom is 0.333 e. The van der Waals surface area contributed by atoms with Crippen LogP contribution in [0.2, 0.25) is 0 Å². The third-order valence-electron chi connectivity index (χ3n) is 2.40. The molecule has 3 heteroatoms. The zero-order valence-electron chi connectivity index (χ0n) is 12.5. The summed E-state index contributed by atoms with van der Waals surface area (Å²) >= 11 is 0. The van der Waals surface area contributed by atoms with E-state index < -0.39 is 0 Å². The molecule has 0 spiro atoms. The van der Waals surface area contributed by atoms with E-state index in [1.165, 1.54) is 12.8 Å². The molecule has 0 aliphatic carbocycles. The van der Waals surface area contributed by atoms with Crippen LogP contribution in [-0.2, 0) is 9.53 Å². The smallest absolute Gasteiger partial charge is 0.333 e. The van der Waals surface area contributed by atoms with E-state index in [9.17, 15) is 4.79 Å². The number of esters is 1. The Bertz CT molecular complexity index is 222. The van der Waals surface area contributed by atoms with Gasteiger partial charge in [0, 0.05) is 5.57 Å². The van der Waals surface area contributed by atoms with Crippen molar-refractivity contribution in [3.8, 4) is 0 Å². The highest BCUT2D eigenvalue weighted by molar-refractivity contribution is 5.86. The van der Waals surface area contributed by atoms with Crippen LogP contribution in [0.4, 0.5) is 0 Å². The summed E-state index contributed by atoms with van der Waals surface area (Å²) in [5.41, 5.74) is 0.467. The molecule has 0 aromatic carbocycles. The predicted octanol–water partition coefficient (Wildman–Crippen LogP) is 3.01. The molecule has 0 aromatic rings. The summed E-state index contributed by atoms with van der Waals surface area (Å²) in [4.78, 5) is 11.1. The van der Waals surface area contributed by atoms with Crippen molar-refractivity contribution in [1.29, 1.82) is 0 Å². The van der Waals surface area contributed by atoms with Crippen molar-refractivity contribution in [2.24, 2.45) is 0 Å². The predicted molar refractivity (Wildman–Crippen MR) is 73.9 cm³/mol. The highest BCUT2D eigenvalue weighted by atomic mass is 16.5. The summed E-state index contributed by atoms with van der Waals surface area (Å²) < 4.78 is 5.97. The minimum Gasteiger partial charge on any atom is -0.456 e. The Balaban J connectivity index is 0. The first-order valence-electron chi connectivity index (χ1n) is 6.53. The van der Waals surface area contributed by atoms with Gasteiger partial charge < -0.3 is 9.22 Å². The normalized spacial score (nSPS) is 10.2. The summed E-state index contributed by atoms with van der Waals surface area (Å²) in [5, 5.41) is 0. The molecule has 0 aliphatic heterocycles. The van der Waals surface area contributed by atoms with Crippen LogP contribution in [0.15, 0.2) is 12.2 Å². The number of carbonyl (C=O) groups excluding carboxylic acids is 1. The van der Waals surface area contributed by atoms with Gasteiger partial charge in [-0.05, 0) is 13.3 Å². The van der Waals surface area contributed by atoms with Crippen LogP contribution >= 0.6 is 0 Å². The van der Waals surface area contributed by atoms with Crippen LogP contribution in [0.25, 0.3) is 0 Å². The van der Waals surface area contributed by atoms with Crippen molar-refractivity contribution >= 4 is 5.97 Å². The lowest BCUT2D eigenvalue weighted by Crippen LogP contribution is -2.43. The summed E-state index contributed by atoms with van der Waals surface area (Å²) in [7, 11) is 4.31. The number of carbonyl (C=O) groups is 1. The van der Waals surface area contributed by atoms with Gasteiger partial charge in [0.05, 0.1) is 20.6 Å². The average molecular weight is 244 g/mol. The summed E-state index contributed by atoms with van der Waals surface area (Å²) in [6.45, 7) is 13.8. The molecular formula is C14H30NO2+. The van der Waals surface area contributed by atoms with Crippen LogP contribution in [-0.4, -0.2) is 44.2 Å². The number of unbranched alkanes of at least 4 members (excludes halogenated alkanes) is 1. The van der Waals surface area contributed by atoms with E-state index in [-0.39, 0.29) is 5.97 Å². The molecule has 102 valence electrons. The van der Waals surface area contributed by atoms with Gasteiger partial charge in [-0.15, -0.1) is 0 Å². The highest BCUT2D eigenvalue weighted by Crippen LogP contribution is 2.02. The summed E-state index contributed by atoms with van der Waals surface area (Å²) in [6.07, 6.45) is 2.41. The number of hydrogen-bond donors (Lipinski definition) is 0. The Morgan fingerprint density at radius 1 is 1.24 bits per heavy atom. The first-order chi connectivity index (χ1) is 7.89. The Morgan fingerprint density at radius 2 is 1.76 bits per heavy atom. The second-order valence-corrected chi connectivity index (χ2v) is 4.65. The molecule has 0 radical (unpaired) electrons. The number of quaternary nitrogens is 1. The largest absolute Gasteiger partial charge is 0.456 e. The average Bonchev–Trinajstić information content (AvgIpc) is 2.28. The molecule has 3 nitrogen and oxygen atoms in total. The van der Waals surface area contributed by atoms with Gasteiger partial charge in [-0.2, -0.15) is 0 Å². The van der Waals surface area contributed by atoms with Crippen molar-refractivity contribution in [2.45, 2.75) is 40.5 Å². The van der Waals surface area contributed by atoms with E-state index in [1.807, 2.05) is 13.8 Å².